The Kier molecular flexibility index (Phi) is 4.54. The van der Waals surface area contributed by atoms with Crippen molar-refractivity contribution < 1.29 is 9.15 Å². The summed E-state index contributed by atoms with van der Waals surface area (Å²) in [5.41, 5.74) is 3.14. The number of nitrogens with zero attached hydrogens (tertiary/aromatic N) is 1. The second kappa shape index (κ2) is 7.30. The summed E-state index contributed by atoms with van der Waals surface area (Å²) in [4.78, 5) is 16.2. The van der Waals surface area contributed by atoms with Crippen LogP contribution in [0.25, 0.3) is 11.0 Å². The normalized spacial score (nSPS) is 11.1. The van der Waals surface area contributed by atoms with Crippen LogP contribution in [0, 0.1) is 6.92 Å². The molecule has 0 spiro atoms. The first kappa shape index (κ1) is 16.8. The lowest BCUT2D eigenvalue weighted by molar-refractivity contribution is 0.475. The Hall–Kier alpha value is -3.66. The summed E-state index contributed by atoms with van der Waals surface area (Å²) in [6.45, 7) is 2.06. The third-order valence-electron chi connectivity index (χ3n) is 4.12. The van der Waals surface area contributed by atoms with Crippen molar-refractivity contribution in [2.45, 2.75) is 6.92 Å². The lowest BCUT2D eigenvalue weighted by Crippen LogP contribution is -1.98. The van der Waals surface area contributed by atoms with E-state index in [1.807, 2.05) is 60.8 Å². The number of hydrogen-bond donors (Lipinski definition) is 0. The Bertz CT molecular complexity index is 1160. The summed E-state index contributed by atoms with van der Waals surface area (Å²) in [6.07, 6.45) is 1.82. The topological polar surface area (TPSA) is 51.8 Å². The predicted molar refractivity (Wildman–Crippen MR) is 107 cm³/mol. The predicted octanol–water partition coefficient (Wildman–Crippen LogP) is 5.64. The van der Waals surface area contributed by atoms with Gasteiger partial charge in [0.2, 0.25) is 0 Å². The maximum absolute atomic E-state index is 11.7. The van der Waals surface area contributed by atoms with Crippen LogP contribution in [0.5, 0.6) is 11.5 Å². The number of hydrogen-bond acceptors (Lipinski definition) is 4. The van der Waals surface area contributed by atoms with E-state index in [0.29, 0.717) is 17.1 Å². The van der Waals surface area contributed by atoms with E-state index >= 15 is 0 Å². The summed E-state index contributed by atoms with van der Waals surface area (Å²) in [7, 11) is 0. The summed E-state index contributed by atoms with van der Waals surface area (Å²) in [5, 5.41) is 0.749. The smallest absolute Gasteiger partial charge is 0.339 e. The molecule has 3 aromatic carbocycles. The Labute approximate surface area is 156 Å². The van der Waals surface area contributed by atoms with Crippen molar-refractivity contribution in [1.82, 2.24) is 0 Å². The van der Waals surface area contributed by atoms with Crippen molar-refractivity contribution in [2.24, 2.45) is 4.99 Å². The van der Waals surface area contributed by atoms with Gasteiger partial charge in [0, 0.05) is 6.21 Å². The van der Waals surface area contributed by atoms with Gasteiger partial charge in [-0.15, -0.1) is 0 Å². The maximum atomic E-state index is 11.7. The van der Waals surface area contributed by atoms with Crippen LogP contribution in [0.3, 0.4) is 0 Å². The molecule has 0 saturated carbocycles. The van der Waals surface area contributed by atoms with Gasteiger partial charge in [0.25, 0.3) is 0 Å². The number of aryl methyl sites for hydroxylation is 1. The van der Waals surface area contributed by atoms with Crippen LogP contribution in [-0.2, 0) is 0 Å². The number of rotatable bonds is 4. The summed E-state index contributed by atoms with van der Waals surface area (Å²) >= 11 is 0. The molecule has 0 aliphatic carbocycles. The minimum atomic E-state index is -0.442. The third-order valence-corrected chi connectivity index (χ3v) is 4.12. The lowest BCUT2D eigenvalue weighted by Gasteiger charge is -2.08. The molecule has 4 nitrogen and oxygen atoms in total. The van der Waals surface area contributed by atoms with Crippen molar-refractivity contribution >= 4 is 22.9 Å². The number of benzene rings is 3. The zero-order valence-electron chi connectivity index (χ0n) is 14.8. The molecule has 1 heterocycles. The van der Waals surface area contributed by atoms with Crippen LogP contribution < -0.4 is 10.4 Å². The van der Waals surface area contributed by atoms with Crippen molar-refractivity contribution in [3.63, 3.8) is 0 Å². The SMILES string of the molecule is Cc1ccc(C=Nc2ccc(Oc3cc(=O)oc4ccccc34)cc2)cc1. The van der Waals surface area contributed by atoms with Crippen LogP contribution in [0.1, 0.15) is 11.1 Å². The van der Waals surface area contributed by atoms with Crippen LogP contribution in [0.2, 0.25) is 0 Å². The van der Waals surface area contributed by atoms with E-state index in [1.54, 1.807) is 6.07 Å². The fourth-order valence-electron chi connectivity index (χ4n) is 2.70. The van der Waals surface area contributed by atoms with Crippen molar-refractivity contribution in [3.05, 3.63) is 100 Å². The van der Waals surface area contributed by atoms with Crippen molar-refractivity contribution in [3.8, 4) is 11.5 Å². The van der Waals surface area contributed by atoms with Crippen molar-refractivity contribution in [1.29, 1.82) is 0 Å². The molecule has 1 aromatic heterocycles. The van der Waals surface area contributed by atoms with E-state index in [4.69, 9.17) is 9.15 Å². The Morgan fingerprint density at radius 2 is 1.67 bits per heavy atom. The molecule has 0 radical (unpaired) electrons. The van der Waals surface area contributed by atoms with Gasteiger partial charge < -0.3 is 9.15 Å². The number of fused-ring (bicyclic) bond motifs is 1. The molecular formula is C23H17NO3. The Morgan fingerprint density at radius 3 is 2.44 bits per heavy atom. The molecule has 4 aromatic rings. The van der Waals surface area contributed by atoms with Crippen LogP contribution in [-0.4, -0.2) is 6.21 Å². The highest BCUT2D eigenvalue weighted by atomic mass is 16.5. The first-order valence-corrected chi connectivity index (χ1v) is 8.59. The van der Waals surface area contributed by atoms with Gasteiger partial charge in [-0.25, -0.2) is 4.79 Å². The maximum Gasteiger partial charge on any atom is 0.339 e. The number of ether oxygens (including phenoxy) is 1. The molecule has 27 heavy (non-hydrogen) atoms. The average molecular weight is 355 g/mol. The first-order chi connectivity index (χ1) is 13.2. The first-order valence-electron chi connectivity index (χ1n) is 8.59. The standard InChI is InChI=1S/C23H17NO3/c1-16-6-8-17(9-7-16)15-24-18-10-12-19(13-11-18)26-22-14-23(25)27-21-5-3-2-4-20(21)22/h2-15H,1H3. The van der Waals surface area contributed by atoms with E-state index in [0.717, 1.165) is 16.6 Å². The van der Waals surface area contributed by atoms with E-state index in [2.05, 4.69) is 24.0 Å². The fraction of sp³-hybridized carbons (Fsp3) is 0.0435. The van der Waals surface area contributed by atoms with Crippen LogP contribution in [0.15, 0.2) is 93.1 Å². The minimum Gasteiger partial charge on any atom is -0.456 e. The fourth-order valence-corrected chi connectivity index (χ4v) is 2.70. The Balaban J connectivity index is 1.55. The van der Waals surface area contributed by atoms with Gasteiger partial charge in [-0.05, 0) is 48.9 Å². The molecule has 0 atom stereocenters. The molecule has 0 aliphatic heterocycles. The van der Waals surface area contributed by atoms with Gasteiger partial charge in [0.15, 0.2) is 0 Å². The van der Waals surface area contributed by atoms with Gasteiger partial charge in [0.05, 0.1) is 17.1 Å². The molecule has 4 rings (SSSR count). The van der Waals surface area contributed by atoms with Gasteiger partial charge in [-0.1, -0.05) is 42.0 Å². The summed E-state index contributed by atoms with van der Waals surface area (Å²) in [6, 6.07) is 24.2. The zero-order chi connectivity index (χ0) is 18.6. The van der Waals surface area contributed by atoms with E-state index < -0.39 is 5.63 Å². The summed E-state index contributed by atoms with van der Waals surface area (Å²) < 4.78 is 11.1. The van der Waals surface area contributed by atoms with Crippen molar-refractivity contribution in [2.75, 3.05) is 0 Å². The summed E-state index contributed by atoms with van der Waals surface area (Å²) in [5.74, 6) is 1.10. The molecular weight excluding hydrogens is 338 g/mol. The molecule has 0 amide bonds. The molecule has 0 aliphatic rings. The van der Waals surface area contributed by atoms with Crippen LogP contribution >= 0.6 is 0 Å². The van der Waals surface area contributed by atoms with E-state index in [1.165, 1.54) is 11.6 Å². The van der Waals surface area contributed by atoms with E-state index in [9.17, 15) is 4.79 Å². The van der Waals surface area contributed by atoms with Gasteiger partial charge >= 0.3 is 5.63 Å². The molecule has 0 bridgehead atoms. The molecule has 0 fully saturated rings. The third kappa shape index (κ3) is 3.96. The average Bonchev–Trinajstić information content (AvgIpc) is 2.68. The molecule has 0 unspecified atom stereocenters. The van der Waals surface area contributed by atoms with Gasteiger partial charge in [-0.3, -0.25) is 4.99 Å². The van der Waals surface area contributed by atoms with Gasteiger partial charge in [0.1, 0.15) is 17.1 Å². The molecule has 132 valence electrons. The highest BCUT2D eigenvalue weighted by Crippen LogP contribution is 2.29. The largest absolute Gasteiger partial charge is 0.456 e. The monoisotopic (exact) mass is 355 g/mol. The number of aliphatic imine (C=N–C) groups is 1. The minimum absolute atomic E-state index is 0.442. The van der Waals surface area contributed by atoms with Gasteiger partial charge in [-0.2, -0.15) is 0 Å². The number of para-hydroxylation sites is 1. The molecule has 0 N–H and O–H groups in total. The zero-order valence-corrected chi connectivity index (χ0v) is 14.8. The van der Waals surface area contributed by atoms with Crippen LogP contribution in [0.4, 0.5) is 5.69 Å². The second-order valence-electron chi connectivity index (χ2n) is 6.19. The Morgan fingerprint density at radius 1 is 0.926 bits per heavy atom. The molecule has 0 saturated heterocycles. The lowest BCUT2D eigenvalue weighted by atomic mass is 10.2. The quantitative estimate of drug-likeness (QED) is 0.351. The molecule has 4 heteroatoms. The second-order valence-corrected chi connectivity index (χ2v) is 6.19. The highest BCUT2D eigenvalue weighted by molar-refractivity contribution is 5.83. The van der Waals surface area contributed by atoms with E-state index in [-0.39, 0.29) is 0 Å². The highest BCUT2D eigenvalue weighted by Gasteiger charge is 2.07.